The number of nitrogens with two attached hydrogens (primary N) is 1. The highest BCUT2D eigenvalue weighted by Gasteiger charge is 2.25. The number of benzene rings is 1. The molecule has 2 rings (SSSR count). The molecule has 82 valence electrons. The van der Waals surface area contributed by atoms with E-state index in [1.165, 1.54) is 0 Å². The summed E-state index contributed by atoms with van der Waals surface area (Å²) in [4.78, 5) is 11.0. The maximum absolute atomic E-state index is 11.0. The molecule has 1 amide bonds. The first-order valence-corrected chi connectivity index (χ1v) is 4.94. The molecule has 0 saturated carbocycles. The first kappa shape index (κ1) is 10.5. The Morgan fingerprint density at radius 1 is 1.50 bits per heavy atom. The van der Waals surface area contributed by atoms with Crippen LogP contribution in [0.2, 0.25) is 0 Å². The predicted octanol–water partition coefficient (Wildman–Crippen LogP) is 1.54. The molecule has 1 aromatic rings. The van der Waals surface area contributed by atoms with E-state index in [0.717, 1.165) is 5.56 Å². The quantitative estimate of drug-likeness (QED) is 0.816. The van der Waals surface area contributed by atoms with Crippen LogP contribution < -0.4 is 5.73 Å². The minimum absolute atomic E-state index is 0.406. The fourth-order valence-electron chi connectivity index (χ4n) is 1.63. The second-order valence-corrected chi connectivity index (χ2v) is 4.03. The molecule has 0 bridgehead atoms. The Bertz CT molecular complexity index is 467. The molecule has 5 heteroatoms. The topological polar surface area (TPSA) is 80.2 Å². The number of carbonyl (C=O) groups excluding carboxylic acids is 1. The van der Waals surface area contributed by atoms with Crippen LogP contribution >= 0.6 is 0 Å². The Hall–Kier alpha value is -2.04. The van der Waals surface area contributed by atoms with E-state index in [2.05, 4.69) is 15.4 Å². The van der Waals surface area contributed by atoms with Gasteiger partial charge in [-0.15, -0.1) is 5.10 Å². The van der Waals surface area contributed by atoms with Crippen molar-refractivity contribution in [1.29, 1.82) is 0 Å². The van der Waals surface area contributed by atoms with Crippen LogP contribution in [0.3, 0.4) is 0 Å². The Morgan fingerprint density at radius 3 is 2.94 bits per heavy atom. The third kappa shape index (κ3) is 2.13. The van der Waals surface area contributed by atoms with E-state index < -0.39 is 11.4 Å². The van der Waals surface area contributed by atoms with Crippen LogP contribution in [0.15, 0.2) is 39.7 Å². The van der Waals surface area contributed by atoms with Gasteiger partial charge in [0.05, 0.1) is 6.21 Å². The van der Waals surface area contributed by atoms with Crippen LogP contribution in [0, 0.1) is 0 Å². The maximum atomic E-state index is 11.0. The highest BCUT2D eigenvalue weighted by Crippen LogP contribution is 2.20. The van der Waals surface area contributed by atoms with Crippen LogP contribution in [0.1, 0.15) is 22.8 Å². The molecule has 5 nitrogen and oxygen atoms in total. The minimum Gasteiger partial charge on any atom is -0.366 e. The molecule has 1 heterocycles. The van der Waals surface area contributed by atoms with Crippen LogP contribution in [-0.2, 0) is 6.42 Å². The van der Waals surface area contributed by atoms with Gasteiger partial charge >= 0.3 is 0 Å². The van der Waals surface area contributed by atoms with Crippen molar-refractivity contribution in [2.24, 2.45) is 21.2 Å². The zero-order valence-electron chi connectivity index (χ0n) is 8.92. The van der Waals surface area contributed by atoms with Crippen molar-refractivity contribution in [3.8, 4) is 0 Å². The lowest BCUT2D eigenvalue weighted by molar-refractivity contribution is 0.1000. The molecule has 1 aromatic carbocycles. The Kier molecular flexibility index (Phi) is 2.52. The minimum atomic E-state index is -0.422. The van der Waals surface area contributed by atoms with Gasteiger partial charge in [0.25, 0.3) is 0 Å². The fraction of sp³-hybridized carbons (Fsp3) is 0.273. The van der Waals surface area contributed by atoms with Gasteiger partial charge in [-0.3, -0.25) is 4.79 Å². The average Bonchev–Trinajstić information content (AvgIpc) is 2.65. The molecular formula is C11H12N4O. The first-order chi connectivity index (χ1) is 7.59. The van der Waals surface area contributed by atoms with Crippen molar-refractivity contribution in [3.63, 3.8) is 0 Å². The number of nitrogens with zero attached hydrogens (tertiary/aromatic N) is 3. The van der Waals surface area contributed by atoms with Crippen molar-refractivity contribution < 1.29 is 4.79 Å². The van der Waals surface area contributed by atoms with Crippen molar-refractivity contribution >= 4 is 12.1 Å². The number of hydrogen-bond acceptors (Lipinski definition) is 4. The van der Waals surface area contributed by atoms with Crippen LogP contribution in [-0.4, -0.2) is 17.7 Å². The van der Waals surface area contributed by atoms with Gasteiger partial charge in [-0.2, -0.15) is 5.11 Å². The maximum Gasteiger partial charge on any atom is 0.248 e. The largest absolute Gasteiger partial charge is 0.366 e. The summed E-state index contributed by atoms with van der Waals surface area (Å²) in [6.45, 7) is 1.93. The molecular weight excluding hydrogens is 204 g/mol. The van der Waals surface area contributed by atoms with Crippen LogP contribution in [0.5, 0.6) is 0 Å². The number of amides is 1. The first-order valence-electron chi connectivity index (χ1n) is 4.94. The summed E-state index contributed by atoms with van der Waals surface area (Å²) < 4.78 is 0. The number of carbonyl (C=O) groups is 1. The van der Waals surface area contributed by atoms with Crippen LogP contribution in [0.25, 0.3) is 0 Å². The molecule has 1 atom stereocenters. The zero-order chi connectivity index (χ0) is 11.6. The monoisotopic (exact) mass is 216 g/mol. The van der Waals surface area contributed by atoms with Gasteiger partial charge in [0.2, 0.25) is 5.91 Å². The van der Waals surface area contributed by atoms with Gasteiger partial charge in [-0.1, -0.05) is 12.1 Å². The summed E-state index contributed by atoms with van der Waals surface area (Å²) in [7, 11) is 0. The summed E-state index contributed by atoms with van der Waals surface area (Å²) in [5.41, 5.74) is 6.31. The van der Waals surface area contributed by atoms with E-state index in [1.54, 1.807) is 18.3 Å². The second kappa shape index (κ2) is 3.84. The second-order valence-electron chi connectivity index (χ2n) is 4.03. The highest BCUT2D eigenvalue weighted by atomic mass is 16.1. The SMILES string of the molecule is CC1(Cc2cccc(C(N)=O)c2)C=NN=N1. The fourth-order valence-corrected chi connectivity index (χ4v) is 1.63. The molecule has 1 aliphatic rings. The predicted molar refractivity (Wildman–Crippen MR) is 60.4 cm³/mol. The molecule has 0 aliphatic carbocycles. The van der Waals surface area contributed by atoms with Crippen molar-refractivity contribution in [3.05, 3.63) is 35.4 Å². The molecule has 16 heavy (non-hydrogen) atoms. The van der Waals surface area contributed by atoms with E-state index in [0.29, 0.717) is 12.0 Å². The van der Waals surface area contributed by atoms with Gasteiger partial charge < -0.3 is 5.73 Å². The van der Waals surface area contributed by atoms with Crippen molar-refractivity contribution in [1.82, 2.24) is 0 Å². The summed E-state index contributed by atoms with van der Waals surface area (Å²) in [5.74, 6) is -0.422. The van der Waals surface area contributed by atoms with Gasteiger partial charge in [0.15, 0.2) is 0 Å². The third-order valence-corrected chi connectivity index (χ3v) is 2.43. The van der Waals surface area contributed by atoms with Crippen molar-refractivity contribution in [2.75, 3.05) is 0 Å². The van der Waals surface area contributed by atoms with Crippen molar-refractivity contribution in [2.45, 2.75) is 18.9 Å². The van der Waals surface area contributed by atoms with Gasteiger partial charge in [-0.25, -0.2) is 0 Å². The molecule has 1 aliphatic heterocycles. The molecule has 1 unspecified atom stereocenters. The number of rotatable bonds is 3. The Labute approximate surface area is 93.1 Å². The average molecular weight is 216 g/mol. The normalized spacial score (nSPS) is 22.6. The standard InChI is InChI=1S/C11H12N4O/c1-11(7-13-15-14-11)6-8-3-2-4-9(5-8)10(12)16/h2-5,7H,6H2,1H3,(H2,12,16). The van der Waals surface area contributed by atoms with Gasteiger partial charge in [-0.05, 0) is 29.8 Å². The molecule has 0 aromatic heterocycles. The highest BCUT2D eigenvalue weighted by molar-refractivity contribution is 5.92. The number of primary amides is 1. The molecule has 0 spiro atoms. The molecule has 2 N–H and O–H groups in total. The van der Waals surface area contributed by atoms with Gasteiger partial charge in [0, 0.05) is 12.0 Å². The smallest absolute Gasteiger partial charge is 0.248 e. The lowest BCUT2D eigenvalue weighted by atomic mass is 9.94. The van der Waals surface area contributed by atoms with E-state index >= 15 is 0 Å². The molecule has 0 saturated heterocycles. The summed E-state index contributed by atoms with van der Waals surface area (Å²) >= 11 is 0. The van der Waals surface area contributed by atoms with E-state index in [9.17, 15) is 4.79 Å². The summed E-state index contributed by atoms with van der Waals surface area (Å²) in [6, 6.07) is 7.20. The van der Waals surface area contributed by atoms with Gasteiger partial charge in [0.1, 0.15) is 5.54 Å². The summed E-state index contributed by atoms with van der Waals surface area (Å²) in [5, 5.41) is 11.3. The third-order valence-electron chi connectivity index (χ3n) is 2.43. The van der Waals surface area contributed by atoms with E-state index in [4.69, 9.17) is 5.73 Å². The van der Waals surface area contributed by atoms with Crippen LogP contribution in [0.4, 0.5) is 0 Å². The lowest BCUT2D eigenvalue weighted by Crippen LogP contribution is -2.24. The lowest BCUT2D eigenvalue weighted by Gasteiger charge is -2.14. The summed E-state index contributed by atoms with van der Waals surface area (Å²) in [6.07, 6.45) is 2.35. The Balaban J connectivity index is 2.22. The van der Waals surface area contributed by atoms with E-state index in [1.807, 2.05) is 19.1 Å². The van der Waals surface area contributed by atoms with E-state index in [-0.39, 0.29) is 0 Å². The number of hydrogen-bond donors (Lipinski definition) is 1. The zero-order valence-corrected chi connectivity index (χ0v) is 8.92. The molecule has 0 fully saturated rings. The Morgan fingerprint density at radius 2 is 2.31 bits per heavy atom. The molecule has 0 radical (unpaired) electrons.